The number of carbonyl (C=O) groups is 2. The van der Waals surface area contributed by atoms with Gasteiger partial charge in [-0.1, -0.05) is 11.6 Å². The molecule has 4 nitrogen and oxygen atoms in total. The number of esters is 1. The first-order valence-electron chi connectivity index (χ1n) is 6.08. The van der Waals surface area contributed by atoms with Gasteiger partial charge in [-0.25, -0.2) is 0 Å². The van der Waals surface area contributed by atoms with Crippen LogP contribution in [0.4, 0.5) is 0 Å². The molecule has 1 aromatic heterocycles. The van der Waals surface area contributed by atoms with Crippen LogP contribution in [0.1, 0.15) is 36.0 Å². The van der Waals surface area contributed by atoms with E-state index in [0.29, 0.717) is 16.5 Å². The number of hydrogen-bond donors (Lipinski definition) is 0. The molecule has 0 radical (unpaired) electrons. The second-order valence-electron chi connectivity index (χ2n) is 4.39. The lowest BCUT2D eigenvalue weighted by Crippen LogP contribution is -2.41. The Morgan fingerprint density at radius 2 is 2.11 bits per heavy atom. The highest BCUT2D eigenvalue weighted by atomic mass is 35.5. The molecule has 0 atom stereocenters. The molecule has 0 N–H and O–H groups in total. The second kappa shape index (κ2) is 6.91. The van der Waals surface area contributed by atoms with Crippen molar-refractivity contribution in [2.75, 3.05) is 13.2 Å². The minimum atomic E-state index is -0.408. The standard InChI is InChI=1S/C13H18ClNO3S/c1-5-18-10(16)6-15(8(2)3)13(17)12-11(14)9(4)7-19-12/h7-8H,5-6H2,1-4H3. The molecule has 0 spiro atoms. The third kappa shape index (κ3) is 3.94. The fraction of sp³-hybridized carbons (Fsp3) is 0.538. The van der Waals surface area contributed by atoms with Crippen molar-refractivity contribution in [1.29, 1.82) is 0 Å². The van der Waals surface area contributed by atoms with Crippen LogP contribution >= 0.6 is 22.9 Å². The van der Waals surface area contributed by atoms with E-state index < -0.39 is 5.97 Å². The molecule has 0 unspecified atom stereocenters. The van der Waals surface area contributed by atoms with Gasteiger partial charge in [0, 0.05) is 6.04 Å². The highest BCUT2D eigenvalue weighted by Gasteiger charge is 2.25. The summed E-state index contributed by atoms with van der Waals surface area (Å²) in [7, 11) is 0. The molecule has 0 fully saturated rings. The maximum Gasteiger partial charge on any atom is 0.325 e. The summed E-state index contributed by atoms with van der Waals surface area (Å²) in [6.45, 7) is 7.53. The molecule has 0 saturated heterocycles. The number of ether oxygens (including phenoxy) is 1. The van der Waals surface area contributed by atoms with Gasteiger partial charge in [0.25, 0.3) is 5.91 Å². The van der Waals surface area contributed by atoms with Gasteiger partial charge in [0.2, 0.25) is 0 Å². The molecule has 0 saturated carbocycles. The molecule has 1 rings (SSSR count). The van der Waals surface area contributed by atoms with Gasteiger partial charge >= 0.3 is 5.97 Å². The van der Waals surface area contributed by atoms with Crippen molar-refractivity contribution in [3.05, 3.63) is 20.8 Å². The Balaban J connectivity index is 2.90. The molecular formula is C13H18ClNO3S. The molecule has 0 bridgehead atoms. The van der Waals surface area contributed by atoms with Crippen LogP contribution in [0.25, 0.3) is 0 Å². The first-order chi connectivity index (χ1) is 8.88. The smallest absolute Gasteiger partial charge is 0.325 e. The lowest BCUT2D eigenvalue weighted by atomic mass is 10.2. The predicted octanol–water partition coefficient (Wildman–Crippen LogP) is 3.12. The molecule has 0 aliphatic heterocycles. The van der Waals surface area contributed by atoms with Crippen LogP contribution < -0.4 is 0 Å². The van der Waals surface area contributed by atoms with E-state index in [0.717, 1.165) is 5.56 Å². The molecule has 106 valence electrons. The monoisotopic (exact) mass is 303 g/mol. The maximum absolute atomic E-state index is 12.4. The molecule has 0 aromatic carbocycles. The second-order valence-corrected chi connectivity index (χ2v) is 5.65. The Bertz CT molecular complexity index is 470. The number of amides is 1. The summed E-state index contributed by atoms with van der Waals surface area (Å²) in [5.41, 5.74) is 0.870. The van der Waals surface area contributed by atoms with Crippen molar-refractivity contribution in [2.24, 2.45) is 0 Å². The van der Waals surface area contributed by atoms with Crippen LogP contribution in [-0.2, 0) is 9.53 Å². The van der Waals surface area contributed by atoms with Crippen LogP contribution in [0.2, 0.25) is 5.02 Å². The van der Waals surface area contributed by atoms with E-state index in [4.69, 9.17) is 16.3 Å². The van der Waals surface area contributed by atoms with Gasteiger partial charge in [-0.05, 0) is 38.6 Å². The first kappa shape index (κ1) is 16.0. The summed E-state index contributed by atoms with van der Waals surface area (Å²) >= 11 is 7.39. The quantitative estimate of drug-likeness (QED) is 0.785. The summed E-state index contributed by atoms with van der Waals surface area (Å²) in [5.74, 6) is -0.639. The van der Waals surface area contributed by atoms with Crippen molar-refractivity contribution in [1.82, 2.24) is 4.90 Å². The van der Waals surface area contributed by atoms with E-state index in [1.807, 2.05) is 26.2 Å². The van der Waals surface area contributed by atoms with E-state index in [-0.39, 0.29) is 18.5 Å². The topological polar surface area (TPSA) is 46.6 Å². The van der Waals surface area contributed by atoms with E-state index >= 15 is 0 Å². The average molecular weight is 304 g/mol. The normalized spacial score (nSPS) is 10.6. The molecular weight excluding hydrogens is 286 g/mol. The van der Waals surface area contributed by atoms with Crippen molar-refractivity contribution in [3.63, 3.8) is 0 Å². The molecule has 1 heterocycles. The average Bonchev–Trinajstić information content (AvgIpc) is 2.66. The number of hydrogen-bond acceptors (Lipinski definition) is 4. The van der Waals surface area contributed by atoms with Crippen molar-refractivity contribution in [2.45, 2.75) is 33.7 Å². The highest BCUT2D eigenvalue weighted by molar-refractivity contribution is 7.13. The van der Waals surface area contributed by atoms with Crippen LogP contribution in [-0.4, -0.2) is 36.0 Å². The molecule has 1 amide bonds. The van der Waals surface area contributed by atoms with Crippen molar-refractivity contribution < 1.29 is 14.3 Å². The van der Waals surface area contributed by atoms with Gasteiger partial charge in [-0.15, -0.1) is 11.3 Å². The van der Waals surface area contributed by atoms with Crippen LogP contribution in [0.15, 0.2) is 5.38 Å². The molecule has 6 heteroatoms. The summed E-state index contributed by atoms with van der Waals surface area (Å²) in [6, 6.07) is -0.102. The minimum Gasteiger partial charge on any atom is -0.465 e. The zero-order valence-electron chi connectivity index (χ0n) is 11.5. The van der Waals surface area contributed by atoms with E-state index in [2.05, 4.69) is 0 Å². The van der Waals surface area contributed by atoms with E-state index in [1.54, 1.807) is 6.92 Å². The zero-order valence-corrected chi connectivity index (χ0v) is 13.1. The largest absolute Gasteiger partial charge is 0.465 e. The molecule has 19 heavy (non-hydrogen) atoms. The Hall–Kier alpha value is -1.07. The van der Waals surface area contributed by atoms with Gasteiger partial charge in [0.1, 0.15) is 11.4 Å². The van der Waals surface area contributed by atoms with Gasteiger partial charge in [0.15, 0.2) is 0 Å². The Morgan fingerprint density at radius 3 is 2.53 bits per heavy atom. The SMILES string of the molecule is CCOC(=O)CN(C(=O)c1scc(C)c1Cl)C(C)C. The number of thiophene rings is 1. The lowest BCUT2D eigenvalue weighted by Gasteiger charge is -2.25. The van der Waals surface area contributed by atoms with Gasteiger partial charge in [-0.3, -0.25) is 9.59 Å². The van der Waals surface area contributed by atoms with E-state index in [9.17, 15) is 9.59 Å². The van der Waals surface area contributed by atoms with Crippen LogP contribution in [0.3, 0.4) is 0 Å². The maximum atomic E-state index is 12.4. The molecule has 0 aliphatic carbocycles. The van der Waals surface area contributed by atoms with Gasteiger partial charge in [0.05, 0.1) is 11.6 Å². The number of aryl methyl sites for hydroxylation is 1. The van der Waals surface area contributed by atoms with Crippen LogP contribution in [0.5, 0.6) is 0 Å². The van der Waals surface area contributed by atoms with Gasteiger partial charge in [-0.2, -0.15) is 0 Å². The van der Waals surface area contributed by atoms with Crippen molar-refractivity contribution >= 4 is 34.8 Å². The summed E-state index contributed by atoms with van der Waals surface area (Å²) in [4.78, 5) is 25.9. The Kier molecular flexibility index (Phi) is 5.82. The third-order valence-corrected chi connectivity index (χ3v) is 4.27. The third-order valence-electron chi connectivity index (χ3n) is 2.58. The number of halogens is 1. The number of nitrogens with zero attached hydrogens (tertiary/aromatic N) is 1. The summed E-state index contributed by atoms with van der Waals surface area (Å²) < 4.78 is 4.88. The molecule has 0 aliphatic rings. The highest BCUT2D eigenvalue weighted by Crippen LogP contribution is 2.28. The predicted molar refractivity (Wildman–Crippen MR) is 76.9 cm³/mol. The number of rotatable bonds is 5. The molecule has 1 aromatic rings. The number of carbonyl (C=O) groups excluding carboxylic acids is 2. The minimum absolute atomic E-state index is 0.0579. The zero-order chi connectivity index (χ0) is 14.6. The van der Waals surface area contributed by atoms with Gasteiger partial charge < -0.3 is 9.64 Å². The van der Waals surface area contributed by atoms with Crippen LogP contribution in [0, 0.1) is 6.92 Å². The summed E-state index contributed by atoms with van der Waals surface area (Å²) in [6.07, 6.45) is 0. The van der Waals surface area contributed by atoms with E-state index in [1.165, 1.54) is 16.2 Å². The summed E-state index contributed by atoms with van der Waals surface area (Å²) in [5, 5.41) is 2.29. The first-order valence-corrected chi connectivity index (χ1v) is 7.34. The Morgan fingerprint density at radius 1 is 1.47 bits per heavy atom. The Labute approximate surface area is 122 Å². The lowest BCUT2D eigenvalue weighted by molar-refractivity contribution is -0.144. The van der Waals surface area contributed by atoms with Crippen molar-refractivity contribution in [3.8, 4) is 0 Å². The fourth-order valence-corrected chi connectivity index (χ4v) is 2.77. The fourth-order valence-electron chi connectivity index (χ4n) is 1.54.